The lowest BCUT2D eigenvalue weighted by molar-refractivity contribution is 0.188. The number of nitrogens with zero attached hydrogens (tertiary/aromatic N) is 1. The molecule has 2 heterocycles. The summed E-state index contributed by atoms with van der Waals surface area (Å²) in [4.78, 5) is 2.49. The lowest BCUT2D eigenvalue weighted by Crippen LogP contribution is -2.42. The Kier molecular flexibility index (Phi) is 3.17. The maximum Gasteiger partial charge on any atom is 0.0935 e. The van der Waals surface area contributed by atoms with Crippen molar-refractivity contribution in [3.8, 4) is 0 Å². The molecule has 2 saturated heterocycles. The standard InChI is InChI=1S/C10H19FN2/c11-7-9-3-6-13(8-9)10-1-4-12-5-2-10/h9-10,12H,1-8H2. The lowest BCUT2D eigenvalue weighted by atomic mass is 10.1. The fraction of sp³-hybridized carbons (Fsp3) is 1.00. The van der Waals surface area contributed by atoms with Gasteiger partial charge < -0.3 is 5.32 Å². The van der Waals surface area contributed by atoms with Crippen molar-refractivity contribution in [2.24, 2.45) is 5.92 Å². The summed E-state index contributed by atoms with van der Waals surface area (Å²) in [5.41, 5.74) is 0. The Morgan fingerprint density at radius 1 is 1.23 bits per heavy atom. The Morgan fingerprint density at radius 3 is 2.62 bits per heavy atom. The van der Waals surface area contributed by atoms with Crippen LogP contribution in [-0.2, 0) is 0 Å². The molecule has 2 aliphatic rings. The summed E-state index contributed by atoms with van der Waals surface area (Å²) in [6.07, 6.45) is 3.57. The summed E-state index contributed by atoms with van der Waals surface area (Å²) < 4.78 is 12.4. The quantitative estimate of drug-likeness (QED) is 0.693. The average Bonchev–Trinajstić information content (AvgIpc) is 2.67. The van der Waals surface area contributed by atoms with Crippen molar-refractivity contribution in [2.45, 2.75) is 25.3 Å². The summed E-state index contributed by atoms with van der Waals surface area (Å²) in [7, 11) is 0. The van der Waals surface area contributed by atoms with Crippen LogP contribution in [0.3, 0.4) is 0 Å². The van der Waals surface area contributed by atoms with Gasteiger partial charge in [0, 0.05) is 18.5 Å². The molecule has 0 aromatic heterocycles. The number of rotatable bonds is 2. The second-order valence-corrected chi connectivity index (χ2v) is 4.29. The normalized spacial score (nSPS) is 32.5. The monoisotopic (exact) mass is 186 g/mol. The van der Waals surface area contributed by atoms with Crippen LogP contribution in [0.2, 0.25) is 0 Å². The molecule has 0 saturated carbocycles. The van der Waals surface area contributed by atoms with Crippen LogP contribution in [0.25, 0.3) is 0 Å². The third-order valence-electron chi connectivity index (χ3n) is 3.36. The third-order valence-corrected chi connectivity index (χ3v) is 3.36. The highest BCUT2D eigenvalue weighted by Crippen LogP contribution is 2.22. The minimum atomic E-state index is -0.124. The Labute approximate surface area is 79.5 Å². The second-order valence-electron chi connectivity index (χ2n) is 4.29. The molecule has 0 aromatic rings. The zero-order valence-corrected chi connectivity index (χ0v) is 8.14. The first kappa shape index (κ1) is 9.41. The SMILES string of the molecule is FCC1CCN(C2CCNCC2)C1. The predicted octanol–water partition coefficient (Wildman–Crippen LogP) is 1.03. The summed E-state index contributed by atoms with van der Waals surface area (Å²) >= 11 is 0. The largest absolute Gasteiger partial charge is 0.317 e. The van der Waals surface area contributed by atoms with Crippen molar-refractivity contribution >= 4 is 0 Å². The van der Waals surface area contributed by atoms with Gasteiger partial charge in [-0.25, -0.2) is 0 Å². The van der Waals surface area contributed by atoms with E-state index < -0.39 is 0 Å². The number of hydrogen-bond donors (Lipinski definition) is 1. The molecule has 2 fully saturated rings. The summed E-state index contributed by atoms with van der Waals surface area (Å²) in [5.74, 6) is 0.329. The van der Waals surface area contributed by atoms with Gasteiger partial charge in [-0.2, -0.15) is 0 Å². The molecule has 0 aliphatic carbocycles. The molecule has 0 bridgehead atoms. The first-order chi connectivity index (χ1) is 6.40. The zero-order chi connectivity index (χ0) is 9.10. The van der Waals surface area contributed by atoms with Gasteiger partial charge >= 0.3 is 0 Å². The van der Waals surface area contributed by atoms with Gasteiger partial charge in [-0.05, 0) is 38.9 Å². The van der Waals surface area contributed by atoms with Crippen molar-refractivity contribution in [2.75, 3.05) is 32.9 Å². The molecule has 1 atom stereocenters. The highest BCUT2D eigenvalue weighted by atomic mass is 19.1. The van der Waals surface area contributed by atoms with Gasteiger partial charge in [0.15, 0.2) is 0 Å². The Balaban J connectivity index is 1.80. The Hall–Kier alpha value is -0.150. The van der Waals surface area contributed by atoms with Crippen LogP contribution in [0.5, 0.6) is 0 Å². The van der Waals surface area contributed by atoms with Gasteiger partial charge in [-0.3, -0.25) is 9.29 Å². The molecule has 2 nitrogen and oxygen atoms in total. The van der Waals surface area contributed by atoms with E-state index in [2.05, 4.69) is 10.2 Å². The van der Waals surface area contributed by atoms with Crippen molar-refractivity contribution < 1.29 is 4.39 Å². The predicted molar refractivity (Wildman–Crippen MR) is 51.5 cm³/mol. The van der Waals surface area contributed by atoms with Crippen LogP contribution in [0.1, 0.15) is 19.3 Å². The van der Waals surface area contributed by atoms with E-state index in [1.165, 1.54) is 12.8 Å². The highest BCUT2D eigenvalue weighted by Gasteiger charge is 2.28. The molecular formula is C10H19FN2. The van der Waals surface area contributed by atoms with Crippen molar-refractivity contribution in [3.63, 3.8) is 0 Å². The van der Waals surface area contributed by atoms with Crippen LogP contribution < -0.4 is 5.32 Å². The molecule has 0 amide bonds. The average molecular weight is 186 g/mol. The number of alkyl halides is 1. The number of halogens is 1. The third kappa shape index (κ3) is 2.20. The number of likely N-dealkylation sites (tertiary alicyclic amines) is 1. The van der Waals surface area contributed by atoms with Gasteiger partial charge in [0.2, 0.25) is 0 Å². The fourth-order valence-electron chi connectivity index (χ4n) is 2.49. The van der Waals surface area contributed by atoms with Crippen molar-refractivity contribution in [1.29, 1.82) is 0 Å². The fourth-order valence-corrected chi connectivity index (χ4v) is 2.49. The van der Waals surface area contributed by atoms with Crippen LogP contribution in [0, 0.1) is 5.92 Å². The Bertz CT molecular complexity index is 157. The topological polar surface area (TPSA) is 15.3 Å². The maximum absolute atomic E-state index is 12.4. The smallest absolute Gasteiger partial charge is 0.0935 e. The molecule has 2 rings (SSSR count). The molecule has 0 radical (unpaired) electrons. The van der Waals surface area contributed by atoms with Gasteiger partial charge in [-0.1, -0.05) is 0 Å². The maximum atomic E-state index is 12.4. The van der Waals surface area contributed by atoms with Crippen molar-refractivity contribution in [1.82, 2.24) is 10.2 Å². The van der Waals surface area contributed by atoms with Gasteiger partial charge in [0.25, 0.3) is 0 Å². The van der Waals surface area contributed by atoms with Gasteiger partial charge in [0.05, 0.1) is 6.67 Å². The first-order valence-corrected chi connectivity index (χ1v) is 5.41. The van der Waals surface area contributed by atoms with E-state index in [0.717, 1.165) is 38.6 Å². The summed E-state index contributed by atoms with van der Waals surface area (Å²) in [5, 5.41) is 3.36. The Morgan fingerprint density at radius 2 is 2.00 bits per heavy atom. The summed E-state index contributed by atoms with van der Waals surface area (Å²) in [6, 6.07) is 0.734. The minimum Gasteiger partial charge on any atom is -0.317 e. The lowest BCUT2D eigenvalue weighted by Gasteiger charge is -2.31. The molecule has 3 heteroatoms. The van der Waals surface area contributed by atoms with Crippen LogP contribution in [0.4, 0.5) is 4.39 Å². The van der Waals surface area contributed by atoms with E-state index in [-0.39, 0.29) is 6.67 Å². The van der Waals surface area contributed by atoms with Crippen LogP contribution in [0.15, 0.2) is 0 Å². The van der Waals surface area contributed by atoms with Crippen LogP contribution in [-0.4, -0.2) is 43.8 Å². The molecule has 1 N–H and O–H groups in total. The van der Waals surface area contributed by atoms with Gasteiger partial charge in [0.1, 0.15) is 0 Å². The number of nitrogens with one attached hydrogen (secondary N) is 1. The number of hydrogen-bond acceptors (Lipinski definition) is 2. The van der Waals surface area contributed by atoms with Gasteiger partial charge in [-0.15, -0.1) is 0 Å². The highest BCUT2D eigenvalue weighted by molar-refractivity contribution is 4.84. The van der Waals surface area contributed by atoms with E-state index in [9.17, 15) is 4.39 Å². The van der Waals surface area contributed by atoms with E-state index >= 15 is 0 Å². The van der Waals surface area contributed by atoms with Crippen molar-refractivity contribution in [3.05, 3.63) is 0 Å². The van der Waals surface area contributed by atoms with E-state index in [1.807, 2.05) is 0 Å². The summed E-state index contributed by atoms with van der Waals surface area (Å²) in [6.45, 7) is 4.28. The molecular weight excluding hydrogens is 167 g/mol. The second kappa shape index (κ2) is 4.38. The molecule has 1 unspecified atom stereocenters. The molecule has 13 heavy (non-hydrogen) atoms. The number of piperidine rings is 1. The molecule has 76 valence electrons. The minimum absolute atomic E-state index is 0.124. The molecule has 2 aliphatic heterocycles. The van der Waals surface area contributed by atoms with E-state index in [4.69, 9.17) is 0 Å². The zero-order valence-electron chi connectivity index (χ0n) is 8.14. The van der Waals surface area contributed by atoms with E-state index in [0.29, 0.717) is 5.92 Å². The molecule has 0 spiro atoms. The van der Waals surface area contributed by atoms with Crippen LogP contribution >= 0.6 is 0 Å². The van der Waals surface area contributed by atoms with E-state index in [1.54, 1.807) is 0 Å². The first-order valence-electron chi connectivity index (χ1n) is 5.41. The molecule has 0 aromatic carbocycles.